The Hall–Kier alpha value is -3.61. The van der Waals surface area contributed by atoms with Crippen LogP contribution in [0, 0.1) is 5.92 Å². The van der Waals surface area contributed by atoms with E-state index in [4.69, 9.17) is 4.74 Å². The Labute approximate surface area is 181 Å². The van der Waals surface area contributed by atoms with Crippen molar-refractivity contribution in [2.45, 2.75) is 19.4 Å². The van der Waals surface area contributed by atoms with Gasteiger partial charge in [0.1, 0.15) is 17.6 Å². The lowest BCUT2D eigenvalue weighted by Gasteiger charge is -2.22. The second kappa shape index (κ2) is 9.04. The molecule has 2 atom stereocenters. The third-order valence-electron chi connectivity index (χ3n) is 5.49. The Bertz CT molecular complexity index is 1060. The topological polar surface area (TPSA) is 76.5 Å². The number of nitrogens with zero attached hydrogens (tertiary/aromatic N) is 3. The van der Waals surface area contributed by atoms with Crippen LogP contribution in [0.3, 0.4) is 0 Å². The van der Waals surface area contributed by atoms with Crippen molar-refractivity contribution in [1.29, 1.82) is 0 Å². The quantitative estimate of drug-likeness (QED) is 0.640. The third-order valence-corrected chi connectivity index (χ3v) is 5.49. The summed E-state index contributed by atoms with van der Waals surface area (Å²) in [6.07, 6.45) is 3.72. The van der Waals surface area contributed by atoms with E-state index in [-0.39, 0.29) is 18.2 Å². The highest BCUT2D eigenvalue weighted by atomic mass is 16.5. The molecule has 4 rings (SSSR count). The van der Waals surface area contributed by atoms with E-state index in [1.165, 1.54) is 0 Å². The fraction of sp³-hybridized carbons (Fsp3) is 0.292. The van der Waals surface area contributed by atoms with Gasteiger partial charge in [0.25, 0.3) is 0 Å². The number of hydrogen-bond donors (Lipinski definition) is 1. The Morgan fingerprint density at radius 3 is 2.65 bits per heavy atom. The first-order valence-corrected chi connectivity index (χ1v) is 10.4. The number of carbonyl (C=O) groups is 2. The first-order chi connectivity index (χ1) is 15.1. The van der Waals surface area contributed by atoms with Gasteiger partial charge in [-0.15, -0.1) is 0 Å². The maximum atomic E-state index is 13.2. The van der Waals surface area contributed by atoms with Gasteiger partial charge in [0.15, 0.2) is 0 Å². The van der Waals surface area contributed by atoms with Crippen molar-refractivity contribution in [1.82, 2.24) is 14.9 Å². The molecule has 0 aliphatic carbocycles. The zero-order chi connectivity index (χ0) is 21.8. The van der Waals surface area contributed by atoms with Crippen LogP contribution in [0.15, 0.2) is 67.0 Å². The number of rotatable bonds is 7. The molecule has 7 nitrogen and oxygen atoms in total. The standard InChI is InChI=1S/C24H26N4O3/c1-3-31-20-12-8-7-11-19(20)28-16-18(15-21(28)29)24(30)26-22(17-9-5-4-6-10-17)23-25-13-14-27(23)2/h4-14,18,22H,3,15-16H2,1-2H3,(H,26,30). The van der Waals surface area contributed by atoms with E-state index in [0.29, 0.717) is 24.6 Å². The summed E-state index contributed by atoms with van der Waals surface area (Å²) in [5.74, 6) is 0.688. The maximum Gasteiger partial charge on any atom is 0.227 e. The first-order valence-electron chi connectivity index (χ1n) is 10.4. The molecule has 0 spiro atoms. The third kappa shape index (κ3) is 4.30. The van der Waals surface area contributed by atoms with Gasteiger partial charge in [0.05, 0.1) is 18.2 Å². The second-order valence-electron chi connectivity index (χ2n) is 7.55. The summed E-state index contributed by atoms with van der Waals surface area (Å²) in [4.78, 5) is 32.1. The van der Waals surface area contributed by atoms with Gasteiger partial charge in [0, 0.05) is 32.4 Å². The minimum Gasteiger partial charge on any atom is -0.492 e. The predicted octanol–water partition coefficient (Wildman–Crippen LogP) is 3.08. The molecule has 1 aliphatic rings. The zero-order valence-electron chi connectivity index (χ0n) is 17.7. The number of anilines is 1. The van der Waals surface area contributed by atoms with Crippen LogP contribution in [0.4, 0.5) is 5.69 Å². The molecule has 0 radical (unpaired) electrons. The number of aromatic nitrogens is 2. The van der Waals surface area contributed by atoms with Gasteiger partial charge in [-0.1, -0.05) is 42.5 Å². The lowest BCUT2D eigenvalue weighted by atomic mass is 10.0. The molecule has 2 unspecified atom stereocenters. The van der Waals surface area contributed by atoms with Crippen molar-refractivity contribution in [3.8, 4) is 5.75 Å². The average Bonchev–Trinajstić information content (AvgIpc) is 3.39. The predicted molar refractivity (Wildman–Crippen MR) is 118 cm³/mol. The Balaban J connectivity index is 1.54. The molecule has 1 N–H and O–H groups in total. The number of aryl methyl sites for hydroxylation is 1. The first kappa shape index (κ1) is 20.7. The second-order valence-corrected chi connectivity index (χ2v) is 7.55. The number of hydrogen-bond acceptors (Lipinski definition) is 4. The molecule has 7 heteroatoms. The summed E-state index contributed by atoms with van der Waals surface area (Å²) in [7, 11) is 1.90. The summed E-state index contributed by atoms with van der Waals surface area (Å²) >= 11 is 0. The Morgan fingerprint density at radius 1 is 1.19 bits per heavy atom. The minimum atomic E-state index is -0.450. The molecule has 31 heavy (non-hydrogen) atoms. The molecule has 2 heterocycles. The Morgan fingerprint density at radius 2 is 1.94 bits per heavy atom. The number of imidazole rings is 1. The summed E-state index contributed by atoms with van der Waals surface area (Å²) in [5.41, 5.74) is 1.64. The van der Waals surface area contributed by atoms with E-state index in [9.17, 15) is 9.59 Å². The molecule has 160 valence electrons. The van der Waals surface area contributed by atoms with Crippen LogP contribution >= 0.6 is 0 Å². The van der Waals surface area contributed by atoms with E-state index in [0.717, 1.165) is 11.4 Å². The number of amides is 2. The largest absolute Gasteiger partial charge is 0.492 e. The highest BCUT2D eigenvalue weighted by Gasteiger charge is 2.37. The number of ether oxygens (including phenoxy) is 1. The van der Waals surface area contributed by atoms with E-state index < -0.39 is 12.0 Å². The van der Waals surface area contributed by atoms with E-state index in [1.54, 1.807) is 11.1 Å². The van der Waals surface area contributed by atoms with Crippen LogP contribution < -0.4 is 15.0 Å². The van der Waals surface area contributed by atoms with Gasteiger partial charge in [0.2, 0.25) is 11.8 Å². The molecule has 2 amide bonds. The van der Waals surface area contributed by atoms with Gasteiger partial charge in [-0.3, -0.25) is 9.59 Å². The van der Waals surface area contributed by atoms with Crippen molar-refractivity contribution in [3.05, 3.63) is 78.4 Å². The molecular weight excluding hydrogens is 392 g/mol. The molecule has 1 aromatic heterocycles. The summed E-state index contributed by atoms with van der Waals surface area (Å²) in [6.45, 7) is 2.72. The van der Waals surface area contributed by atoms with E-state index in [2.05, 4.69) is 10.3 Å². The van der Waals surface area contributed by atoms with E-state index >= 15 is 0 Å². The average molecular weight is 418 g/mol. The number of nitrogens with one attached hydrogen (secondary N) is 1. The molecule has 0 saturated carbocycles. The van der Waals surface area contributed by atoms with E-state index in [1.807, 2.05) is 79.3 Å². The molecule has 1 fully saturated rings. The molecule has 3 aromatic rings. The van der Waals surface area contributed by atoms with Gasteiger partial charge >= 0.3 is 0 Å². The van der Waals surface area contributed by atoms with Crippen molar-refractivity contribution in [3.63, 3.8) is 0 Å². The van der Waals surface area contributed by atoms with Gasteiger partial charge < -0.3 is 19.5 Å². The van der Waals surface area contributed by atoms with Gasteiger partial charge in [-0.05, 0) is 24.6 Å². The zero-order valence-corrected chi connectivity index (χ0v) is 17.7. The number of carbonyl (C=O) groups excluding carboxylic acids is 2. The smallest absolute Gasteiger partial charge is 0.227 e. The summed E-state index contributed by atoms with van der Waals surface area (Å²) in [5, 5.41) is 3.12. The molecular formula is C24H26N4O3. The lowest BCUT2D eigenvalue weighted by molar-refractivity contribution is -0.126. The van der Waals surface area contributed by atoms with Crippen molar-refractivity contribution in [2.24, 2.45) is 13.0 Å². The molecule has 1 aliphatic heterocycles. The normalized spacial score (nSPS) is 16.9. The van der Waals surface area contributed by atoms with Crippen molar-refractivity contribution < 1.29 is 14.3 Å². The van der Waals surface area contributed by atoms with Crippen molar-refractivity contribution >= 4 is 17.5 Å². The lowest BCUT2D eigenvalue weighted by Crippen LogP contribution is -2.37. The van der Waals surface area contributed by atoms with Crippen LogP contribution in [0.2, 0.25) is 0 Å². The SMILES string of the molecule is CCOc1ccccc1N1CC(C(=O)NC(c2ccccc2)c2nccn2C)CC1=O. The van der Waals surface area contributed by atoms with Crippen molar-refractivity contribution in [2.75, 3.05) is 18.1 Å². The highest BCUT2D eigenvalue weighted by molar-refractivity contribution is 6.01. The Kier molecular flexibility index (Phi) is 6.02. The van der Waals surface area contributed by atoms with Crippen LogP contribution in [0.1, 0.15) is 30.8 Å². The fourth-order valence-corrected chi connectivity index (χ4v) is 3.93. The monoisotopic (exact) mass is 418 g/mol. The van der Waals surface area contributed by atoms with Crippen LogP contribution in [-0.2, 0) is 16.6 Å². The summed E-state index contributed by atoms with van der Waals surface area (Å²) in [6, 6.07) is 16.8. The van der Waals surface area contributed by atoms with Gasteiger partial charge in [-0.2, -0.15) is 0 Å². The maximum absolute atomic E-state index is 13.2. The summed E-state index contributed by atoms with van der Waals surface area (Å²) < 4.78 is 7.56. The molecule has 0 bridgehead atoms. The highest BCUT2D eigenvalue weighted by Crippen LogP contribution is 2.33. The number of benzene rings is 2. The number of para-hydroxylation sites is 2. The molecule has 2 aromatic carbocycles. The van der Waals surface area contributed by atoms with Crippen LogP contribution in [-0.4, -0.2) is 34.5 Å². The van der Waals surface area contributed by atoms with Crippen LogP contribution in [0.25, 0.3) is 0 Å². The van der Waals surface area contributed by atoms with Crippen LogP contribution in [0.5, 0.6) is 5.75 Å². The molecule has 1 saturated heterocycles. The fourth-order valence-electron chi connectivity index (χ4n) is 3.93. The van der Waals surface area contributed by atoms with Gasteiger partial charge in [-0.25, -0.2) is 4.98 Å². The minimum absolute atomic E-state index is 0.0828.